The van der Waals surface area contributed by atoms with Gasteiger partial charge in [0.05, 0.1) is 12.7 Å². The van der Waals surface area contributed by atoms with Crippen LogP contribution in [-0.2, 0) is 17.6 Å². The SMILES string of the molecule is COc1cc(/C=C(/C#N)C(=O)Nc2cccc(C(F)(F)F)c2)c(Br)cc1OCc1ccccc1. The van der Waals surface area contributed by atoms with Gasteiger partial charge in [-0.25, -0.2) is 0 Å². The first-order valence-electron chi connectivity index (χ1n) is 9.86. The maximum absolute atomic E-state index is 12.9. The molecule has 0 atom stereocenters. The van der Waals surface area contributed by atoms with Crippen LogP contribution in [0.5, 0.6) is 11.5 Å². The summed E-state index contributed by atoms with van der Waals surface area (Å²) in [5.74, 6) is -0.0274. The van der Waals surface area contributed by atoms with Crippen LogP contribution in [0.25, 0.3) is 6.08 Å². The van der Waals surface area contributed by atoms with Crippen molar-refractivity contribution in [3.8, 4) is 17.6 Å². The van der Waals surface area contributed by atoms with Crippen molar-refractivity contribution in [1.82, 2.24) is 0 Å². The fourth-order valence-electron chi connectivity index (χ4n) is 2.94. The molecule has 1 N–H and O–H groups in total. The Morgan fingerprint density at radius 3 is 2.47 bits per heavy atom. The van der Waals surface area contributed by atoms with E-state index in [0.717, 1.165) is 17.7 Å². The molecule has 3 aromatic carbocycles. The second kappa shape index (κ2) is 10.9. The van der Waals surface area contributed by atoms with Crippen molar-refractivity contribution in [3.63, 3.8) is 0 Å². The van der Waals surface area contributed by atoms with Gasteiger partial charge in [-0.1, -0.05) is 52.3 Å². The first kappa shape index (κ1) is 24.9. The van der Waals surface area contributed by atoms with Crippen molar-refractivity contribution in [1.29, 1.82) is 5.26 Å². The van der Waals surface area contributed by atoms with Crippen LogP contribution >= 0.6 is 15.9 Å². The molecule has 0 unspecified atom stereocenters. The topological polar surface area (TPSA) is 71.3 Å². The number of amides is 1. The van der Waals surface area contributed by atoms with E-state index < -0.39 is 17.6 Å². The summed E-state index contributed by atoms with van der Waals surface area (Å²) in [6.07, 6.45) is -3.25. The fraction of sp³-hybridized carbons (Fsp3) is 0.120. The van der Waals surface area contributed by atoms with Crippen LogP contribution in [0.15, 0.2) is 76.8 Å². The number of rotatable bonds is 7. The van der Waals surface area contributed by atoms with Crippen LogP contribution in [-0.4, -0.2) is 13.0 Å². The van der Waals surface area contributed by atoms with Crippen molar-refractivity contribution in [3.05, 3.63) is 93.5 Å². The van der Waals surface area contributed by atoms with Gasteiger partial charge in [0, 0.05) is 10.2 Å². The monoisotopic (exact) mass is 530 g/mol. The molecule has 0 heterocycles. The van der Waals surface area contributed by atoms with Crippen molar-refractivity contribution in [2.75, 3.05) is 12.4 Å². The van der Waals surface area contributed by atoms with Crippen LogP contribution in [0.4, 0.5) is 18.9 Å². The first-order chi connectivity index (χ1) is 16.2. The Labute approximate surface area is 202 Å². The minimum atomic E-state index is -4.56. The van der Waals surface area contributed by atoms with Crippen molar-refractivity contribution >= 4 is 33.6 Å². The van der Waals surface area contributed by atoms with Gasteiger partial charge in [-0.3, -0.25) is 4.79 Å². The Bertz CT molecular complexity index is 1250. The minimum Gasteiger partial charge on any atom is -0.493 e. The van der Waals surface area contributed by atoms with Crippen LogP contribution in [0.1, 0.15) is 16.7 Å². The molecule has 0 bridgehead atoms. The van der Waals surface area contributed by atoms with Crippen LogP contribution in [0.3, 0.4) is 0 Å². The fourth-order valence-corrected chi connectivity index (χ4v) is 3.38. The molecule has 3 rings (SSSR count). The lowest BCUT2D eigenvalue weighted by Gasteiger charge is -2.13. The molecule has 0 aliphatic carbocycles. The van der Waals surface area contributed by atoms with Crippen molar-refractivity contribution in [2.24, 2.45) is 0 Å². The van der Waals surface area contributed by atoms with Crippen LogP contribution in [0.2, 0.25) is 0 Å². The summed E-state index contributed by atoms with van der Waals surface area (Å²) in [4.78, 5) is 12.5. The highest BCUT2D eigenvalue weighted by molar-refractivity contribution is 9.10. The van der Waals surface area contributed by atoms with Gasteiger partial charge in [0.2, 0.25) is 0 Å². The average molecular weight is 531 g/mol. The normalized spacial score (nSPS) is 11.5. The number of ether oxygens (including phenoxy) is 2. The summed E-state index contributed by atoms with van der Waals surface area (Å²) in [5, 5.41) is 11.8. The number of alkyl halides is 3. The van der Waals surface area contributed by atoms with Crippen LogP contribution < -0.4 is 14.8 Å². The maximum atomic E-state index is 12.9. The van der Waals surface area contributed by atoms with E-state index in [9.17, 15) is 23.2 Å². The molecule has 3 aromatic rings. The zero-order chi connectivity index (χ0) is 24.7. The zero-order valence-corrected chi connectivity index (χ0v) is 19.4. The van der Waals surface area contributed by atoms with E-state index in [-0.39, 0.29) is 11.3 Å². The number of carbonyl (C=O) groups is 1. The molecule has 0 fully saturated rings. The van der Waals surface area contributed by atoms with Gasteiger partial charge in [-0.05, 0) is 47.5 Å². The highest BCUT2D eigenvalue weighted by Crippen LogP contribution is 2.35. The maximum Gasteiger partial charge on any atom is 0.416 e. The van der Waals surface area contributed by atoms with Gasteiger partial charge in [0.15, 0.2) is 11.5 Å². The highest BCUT2D eigenvalue weighted by Gasteiger charge is 2.30. The summed E-state index contributed by atoms with van der Waals surface area (Å²) >= 11 is 3.40. The third kappa shape index (κ3) is 6.39. The van der Waals surface area contributed by atoms with Crippen molar-refractivity contribution in [2.45, 2.75) is 12.8 Å². The molecule has 0 aliphatic heterocycles. The Kier molecular flexibility index (Phi) is 7.97. The van der Waals surface area contributed by atoms with E-state index >= 15 is 0 Å². The van der Waals surface area contributed by atoms with Crippen molar-refractivity contribution < 1.29 is 27.4 Å². The molecule has 0 aliphatic rings. The molecule has 0 radical (unpaired) electrons. The lowest BCUT2D eigenvalue weighted by molar-refractivity contribution is -0.137. The molecule has 5 nitrogen and oxygen atoms in total. The Hall–Kier alpha value is -3.77. The average Bonchev–Trinajstić information content (AvgIpc) is 2.82. The first-order valence-corrected chi connectivity index (χ1v) is 10.6. The molecule has 0 aromatic heterocycles. The number of hydrogen-bond acceptors (Lipinski definition) is 4. The van der Waals surface area contributed by atoms with Crippen LogP contribution in [0, 0.1) is 11.3 Å². The smallest absolute Gasteiger partial charge is 0.416 e. The van der Waals surface area contributed by atoms with E-state index in [4.69, 9.17) is 9.47 Å². The van der Waals surface area contributed by atoms with Gasteiger partial charge >= 0.3 is 6.18 Å². The summed E-state index contributed by atoms with van der Waals surface area (Å²) < 4.78 is 50.5. The molecular weight excluding hydrogens is 513 g/mol. The lowest BCUT2D eigenvalue weighted by Crippen LogP contribution is -2.14. The highest BCUT2D eigenvalue weighted by atomic mass is 79.9. The summed E-state index contributed by atoms with van der Waals surface area (Å²) in [6, 6.07) is 18.7. The standard InChI is InChI=1S/C25H18BrF3N2O3/c1-33-22-11-17(21(26)13-23(22)34-15-16-6-3-2-4-7-16)10-18(14-30)24(32)31-20-9-5-8-19(12-20)25(27,28)29/h2-13H,15H2,1H3,(H,31,32)/b18-10-. The molecular formula is C25H18BrF3N2O3. The Balaban J connectivity index is 1.82. The predicted octanol–water partition coefficient (Wildman–Crippen LogP) is 6.60. The Morgan fingerprint density at radius 2 is 1.82 bits per heavy atom. The number of nitrogens with zero attached hydrogens (tertiary/aromatic N) is 1. The third-order valence-electron chi connectivity index (χ3n) is 4.63. The van der Waals surface area contributed by atoms with Gasteiger partial charge in [0.1, 0.15) is 18.2 Å². The summed E-state index contributed by atoms with van der Waals surface area (Å²) in [5.41, 5.74) is 0.106. The van der Waals surface area contributed by atoms with Gasteiger partial charge in [0.25, 0.3) is 5.91 Å². The predicted molar refractivity (Wildman–Crippen MR) is 125 cm³/mol. The van der Waals surface area contributed by atoms with E-state index in [2.05, 4.69) is 21.2 Å². The zero-order valence-electron chi connectivity index (χ0n) is 17.8. The number of nitrogens with one attached hydrogen (secondary N) is 1. The molecule has 1 amide bonds. The number of anilines is 1. The molecule has 0 saturated heterocycles. The molecule has 0 saturated carbocycles. The summed E-state index contributed by atoms with van der Waals surface area (Å²) in [7, 11) is 1.46. The number of methoxy groups -OCH3 is 1. The second-order valence-electron chi connectivity index (χ2n) is 7.00. The number of hydrogen-bond donors (Lipinski definition) is 1. The quantitative estimate of drug-likeness (QED) is 0.276. The lowest BCUT2D eigenvalue weighted by atomic mass is 10.1. The second-order valence-corrected chi connectivity index (χ2v) is 7.86. The molecule has 34 heavy (non-hydrogen) atoms. The minimum absolute atomic E-state index is 0.0812. The van der Waals surface area contributed by atoms with Gasteiger partial charge in [-0.15, -0.1) is 0 Å². The summed E-state index contributed by atoms with van der Waals surface area (Å²) in [6.45, 7) is 0.307. The number of nitriles is 1. The van der Waals surface area contributed by atoms with Gasteiger partial charge in [-0.2, -0.15) is 18.4 Å². The number of carbonyl (C=O) groups excluding carboxylic acids is 1. The number of halogens is 4. The Morgan fingerprint density at radius 1 is 1.09 bits per heavy atom. The number of benzene rings is 3. The molecule has 9 heteroatoms. The van der Waals surface area contributed by atoms with E-state index in [1.807, 2.05) is 30.3 Å². The largest absolute Gasteiger partial charge is 0.493 e. The van der Waals surface area contributed by atoms with E-state index in [1.54, 1.807) is 18.2 Å². The molecule has 0 spiro atoms. The third-order valence-corrected chi connectivity index (χ3v) is 5.32. The van der Waals surface area contributed by atoms with E-state index in [1.165, 1.54) is 25.3 Å². The van der Waals surface area contributed by atoms with E-state index in [0.29, 0.717) is 28.1 Å². The van der Waals surface area contributed by atoms with Gasteiger partial charge < -0.3 is 14.8 Å². The molecule has 174 valence electrons.